The van der Waals surface area contributed by atoms with E-state index in [0.717, 1.165) is 12.8 Å². The van der Waals surface area contributed by atoms with Crippen molar-refractivity contribution in [2.24, 2.45) is 22.6 Å². The molecule has 154 valence electrons. The summed E-state index contributed by atoms with van der Waals surface area (Å²) in [7, 11) is 0. The van der Waals surface area contributed by atoms with Crippen molar-refractivity contribution >= 4 is 36.0 Å². The molecule has 1 atom stereocenters. The summed E-state index contributed by atoms with van der Waals surface area (Å²) >= 11 is 0. The number of hydrogen-bond donors (Lipinski definition) is 2. The number of halogens is 1. The fourth-order valence-electron chi connectivity index (χ4n) is 2.90. The summed E-state index contributed by atoms with van der Waals surface area (Å²) in [6.45, 7) is 13.2. The van der Waals surface area contributed by atoms with Crippen LogP contribution in [-0.4, -0.2) is 71.9 Å². The molecule has 1 amide bonds. The molecule has 26 heavy (non-hydrogen) atoms. The summed E-state index contributed by atoms with van der Waals surface area (Å²) in [4.78, 5) is 20.3. The number of aliphatic hydroxyl groups excluding tert-OH is 1. The maximum absolute atomic E-state index is 12.1. The molecule has 0 aromatic rings. The van der Waals surface area contributed by atoms with Crippen molar-refractivity contribution in [3.8, 4) is 0 Å². The molecule has 1 aliphatic rings. The molecule has 8 heteroatoms. The molecular weight excluding hydrogens is 447 g/mol. The van der Waals surface area contributed by atoms with Crippen LogP contribution in [0.1, 0.15) is 47.5 Å². The highest BCUT2D eigenvalue weighted by Crippen LogP contribution is 2.16. The van der Waals surface area contributed by atoms with Crippen molar-refractivity contribution in [2.75, 3.05) is 39.3 Å². The number of hydrogen-bond acceptors (Lipinski definition) is 4. The van der Waals surface area contributed by atoms with E-state index in [1.165, 1.54) is 0 Å². The summed E-state index contributed by atoms with van der Waals surface area (Å²) < 4.78 is 5.40. The summed E-state index contributed by atoms with van der Waals surface area (Å²) in [5.41, 5.74) is 5.65. The molecule has 0 aliphatic carbocycles. The van der Waals surface area contributed by atoms with Crippen LogP contribution in [0.3, 0.4) is 0 Å². The number of piperazine rings is 1. The van der Waals surface area contributed by atoms with E-state index in [0.29, 0.717) is 50.5 Å². The second-order valence-corrected chi connectivity index (χ2v) is 8.16. The van der Waals surface area contributed by atoms with Crippen LogP contribution in [0.5, 0.6) is 0 Å². The van der Waals surface area contributed by atoms with Gasteiger partial charge in [-0.2, -0.15) is 0 Å². The van der Waals surface area contributed by atoms with Crippen LogP contribution in [0.15, 0.2) is 4.99 Å². The second-order valence-electron chi connectivity index (χ2n) is 8.16. The molecule has 0 saturated carbocycles. The maximum atomic E-state index is 12.1. The molecule has 0 bridgehead atoms. The van der Waals surface area contributed by atoms with Gasteiger partial charge in [0.15, 0.2) is 5.96 Å². The summed E-state index contributed by atoms with van der Waals surface area (Å²) in [6, 6.07) is 0. The van der Waals surface area contributed by atoms with E-state index < -0.39 is 5.60 Å². The number of aliphatic hydroxyl groups is 1. The lowest BCUT2D eigenvalue weighted by Crippen LogP contribution is -2.53. The molecule has 1 rings (SSSR count). The quantitative estimate of drug-likeness (QED) is 0.344. The first-order chi connectivity index (χ1) is 11.6. The fraction of sp³-hybridized carbons (Fsp3) is 0.889. The van der Waals surface area contributed by atoms with E-state index >= 15 is 0 Å². The Balaban J connectivity index is 0.00000625. The van der Waals surface area contributed by atoms with Crippen LogP contribution >= 0.6 is 24.0 Å². The average molecular weight is 484 g/mol. The van der Waals surface area contributed by atoms with Gasteiger partial charge in [0.2, 0.25) is 0 Å². The van der Waals surface area contributed by atoms with E-state index in [9.17, 15) is 9.90 Å². The number of nitrogens with zero attached hydrogens (tertiary/aromatic N) is 3. The third kappa shape index (κ3) is 9.80. The van der Waals surface area contributed by atoms with Crippen molar-refractivity contribution in [2.45, 2.75) is 53.1 Å². The predicted molar refractivity (Wildman–Crippen MR) is 116 cm³/mol. The molecule has 3 N–H and O–H groups in total. The van der Waals surface area contributed by atoms with E-state index in [4.69, 9.17) is 10.5 Å². The van der Waals surface area contributed by atoms with Gasteiger partial charge >= 0.3 is 6.09 Å². The van der Waals surface area contributed by atoms with Gasteiger partial charge in [-0.15, -0.1) is 24.0 Å². The van der Waals surface area contributed by atoms with E-state index in [-0.39, 0.29) is 36.7 Å². The number of nitrogens with two attached hydrogens (primary N) is 1. The molecule has 1 heterocycles. The number of rotatable bonds is 6. The van der Waals surface area contributed by atoms with Gasteiger partial charge in [-0.05, 0) is 45.4 Å². The van der Waals surface area contributed by atoms with Gasteiger partial charge in [-0.1, -0.05) is 13.8 Å². The van der Waals surface area contributed by atoms with Gasteiger partial charge < -0.3 is 25.4 Å². The Morgan fingerprint density at radius 3 is 2.19 bits per heavy atom. The monoisotopic (exact) mass is 484 g/mol. The molecule has 0 spiro atoms. The zero-order chi connectivity index (χ0) is 19.0. The predicted octanol–water partition coefficient (Wildman–Crippen LogP) is 2.52. The van der Waals surface area contributed by atoms with Crippen LogP contribution in [0.2, 0.25) is 0 Å². The minimum atomic E-state index is -0.479. The first-order valence-corrected chi connectivity index (χ1v) is 9.26. The van der Waals surface area contributed by atoms with Crippen LogP contribution < -0.4 is 5.73 Å². The molecule has 1 aliphatic heterocycles. The smallest absolute Gasteiger partial charge is 0.410 e. The Morgan fingerprint density at radius 2 is 1.73 bits per heavy atom. The summed E-state index contributed by atoms with van der Waals surface area (Å²) in [6.07, 6.45) is 1.51. The first-order valence-electron chi connectivity index (χ1n) is 9.26. The third-order valence-corrected chi connectivity index (χ3v) is 4.11. The Morgan fingerprint density at radius 1 is 1.19 bits per heavy atom. The van der Waals surface area contributed by atoms with Gasteiger partial charge in [0.1, 0.15) is 5.60 Å². The van der Waals surface area contributed by atoms with Gasteiger partial charge in [-0.25, -0.2) is 4.79 Å². The van der Waals surface area contributed by atoms with Crippen LogP contribution in [0.4, 0.5) is 4.79 Å². The second kappa shape index (κ2) is 11.8. The van der Waals surface area contributed by atoms with Gasteiger partial charge in [-0.3, -0.25) is 4.99 Å². The number of carbonyl (C=O) groups is 1. The molecule has 0 aromatic carbocycles. The lowest BCUT2D eigenvalue weighted by molar-refractivity contribution is 0.0186. The van der Waals surface area contributed by atoms with Crippen LogP contribution in [0.25, 0.3) is 0 Å². The van der Waals surface area contributed by atoms with Gasteiger partial charge in [0.05, 0.1) is 0 Å². The molecule has 7 nitrogen and oxygen atoms in total. The molecule has 0 aromatic heterocycles. The molecule has 1 unspecified atom stereocenters. The summed E-state index contributed by atoms with van der Waals surface area (Å²) in [5, 5.41) is 9.19. The van der Waals surface area contributed by atoms with Crippen molar-refractivity contribution < 1.29 is 14.6 Å². The molecule has 1 fully saturated rings. The Labute approximate surface area is 175 Å². The number of carbonyl (C=O) groups excluding carboxylic acids is 1. The minimum Gasteiger partial charge on any atom is -0.444 e. The van der Waals surface area contributed by atoms with Crippen molar-refractivity contribution in [1.82, 2.24) is 9.80 Å². The lowest BCUT2D eigenvalue weighted by Gasteiger charge is -2.36. The van der Waals surface area contributed by atoms with Crippen LogP contribution in [0, 0.1) is 11.8 Å². The topological polar surface area (TPSA) is 91.4 Å². The van der Waals surface area contributed by atoms with Gasteiger partial charge in [0, 0.05) is 39.3 Å². The number of guanidine groups is 1. The van der Waals surface area contributed by atoms with E-state index in [2.05, 4.69) is 18.8 Å². The molecule has 1 saturated heterocycles. The van der Waals surface area contributed by atoms with E-state index in [1.807, 2.05) is 25.7 Å². The Bertz CT molecular complexity index is 444. The maximum Gasteiger partial charge on any atom is 0.410 e. The normalized spacial score (nSPS) is 17.1. The third-order valence-electron chi connectivity index (χ3n) is 4.11. The van der Waals surface area contributed by atoms with Crippen molar-refractivity contribution in [1.29, 1.82) is 0 Å². The standard InChI is InChI=1S/C18H36N4O3.HI/c1-14(2)12-15(6-11-23)13-20-16(19)21-7-9-22(10-8-21)17(24)25-18(3,4)5;/h14-15,23H,6-13H2,1-5H3,(H2,19,20);1H. The largest absolute Gasteiger partial charge is 0.444 e. The molecular formula is C18H37IN4O3. The summed E-state index contributed by atoms with van der Waals surface area (Å²) in [5.74, 6) is 1.45. The number of ether oxygens (including phenoxy) is 1. The lowest BCUT2D eigenvalue weighted by atomic mass is 9.94. The zero-order valence-corrected chi connectivity index (χ0v) is 19.2. The molecule has 0 radical (unpaired) electrons. The van der Waals surface area contributed by atoms with E-state index in [1.54, 1.807) is 4.90 Å². The number of aliphatic imine (C=N–C) groups is 1. The zero-order valence-electron chi connectivity index (χ0n) is 16.9. The van der Waals surface area contributed by atoms with Gasteiger partial charge in [0.25, 0.3) is 0 Å². The van der Waals surface area contributed by atoms with Crippen LogP contribution in [-0.2, 0) is 4.74 Å². The highest BCUT2D eigenvalue weighted by atomic mass is 127. The van der Waals surface area contributed by atoms with Crippen molar-refractivity contribution in [3.05, 3.63) is 0 Å². The SMILES string of the molecule is CC(C)CC(CCO)CN=C(N)N1CCN(C(=O)OC(C)(C)C)CC1.I. The highest BCUT2D eigenvalue weighted by Gasteiger charge is 2.26. The first kappa shape index (κ1) is 25.2. The average Bonchev–Trinajstić information content (AvgIpc) is 2.50. The Hall–Kier alpha value is -0.770. The van der Waals surface area contributed by atoms with Crippen molar-refractivity contribution in [3.63, 3.8) is 0 Å². The Kier molecular flexibility index (Phi) is 11.5. The minimum absolute atomic E-state index is 0. The number of amides is 1. The fourth-order valence-corrected chi connectivity index (χ4v) is 2.90. The highest BCUT2D eigenvalue weighted by molar-refractivity contribution is 14.0.